The highest BCUT2D eigenvalue weighted by Crippen LogP contribution is 2.51. The van der Waals surface area contributed by atoms with Crippen LogP contribution in [0.1, 0.15) is 40.0 Å². The summed E-state index contributed by atoms with van der Waals surface area (Å²) in [5.74, 6) is -1.24. The summed E-state index contributed by atoms with van der Waals surface area (Å²) in [7, 11) is 0.958. The van der Waals surface area contributed by atoms with Crippen molar-refractivity contribution in [2.24, 2.45) is 22.4 Å². The minimum Gasteiger partial charge on any atom is -0.451 e. The topological polar surface area (TPSA) is 62.1 Å². The molecule has 2 rings (SSSR count). The fourth-order valence-corrected chi connectivity index (χ4v) is 3.27. The molecule has 0 unspecified atom stereocenters. The SMILES string of the molecule is COC(=O)N1N=C2CC[C@H](C(C)(C)C)C[C@@H]2[C@]1(O)C(F)(F)F. The van der Waals surface area contributed by atoms with E-state index in [1.54, 1.807) is 0 Å². The number of halogens is 3. The molecule has 0 bridgehead atoms. The van der Waals surface area contributed by atoms with Gasteiger partial charge in [0.2, 0.25) is 0 Å². The highest BCUT2D eigenvalue weighted by Gasteiger charge is 2.69. The highest BCUT2D eigenvalue weighted by atomic mass is 19.4. The number of hydrogen-bond donors (Lipinski definition) is 1. The molecule has 3 atom stereocenters. The Morgan fingerprint density at radius 1 is 1.41 bits per heavy atom. The molecule has 0 aromatic carbocycles. The summed E-state index contributed by atoms with van der Waals surface area (Å²) in [4.78, 5) is 11.6. The number of hydrogen-bond acceptors (Lipinski definition) is 4. The monoisotopic (exact) mass is 322 g/mol. The number of methoxy groups -OCH3 is 1. The number of aliphatic hydroxyl groups is 1. The minimum atomic E-state index is -5.02. The molecule has 1 N–H and O–H groups in total. The van der Waals surface area contributed by atoms with Gasteiger partial charge in [-0.3, -0.25) is 0 Å². The maximum Gasteiger partial charge on any atom is 0.439 e. The summed E-state index contributed by atoms with van der Waals surface area (Å²) in [6.45, 7) is 5.87. The highest BCUT2D eigenvalue weighted by molar-refractivity contribution is 5.92. The quantitative estimate of drug-likeness (QED) is 0.745. The Morgan fingerprint density at radius 3 is 2.45 bits per heavy atom. The minimum absolute atomic E-state index is 0.00271. The van der Waals surface area contributed by atoms with Crippen LogP contribution in [-0.4, -0.2) is 40.9 Å². The van der Waals surface area contributed by atoms with Gasteiger partial charge in [0.25, 0.3) is 5.72 Å². The Balaban J connectivity index is 2.42. The average Bonchev–Trinajstić information content (AvgIpc) is 2.71. The predicted octanol–water partition coefficient (Wildman–Crippen LogP) is 3.14. The molecule has 1 aliphatic carbocycles. The van der Waals surface area contributed by atoms with Crippen LogP contribution < -0.4 is 0 Å². The first-order chi connectivity index (χ1) is 9.92. The first-order valence-electron chi connectivity index (χ1n) is 7.17. The van der Waals surface area contributed by atoms with E-state index in [0.29, 0.717) is 12.8 Å². The molecule has 126 valence electrons. The largest absolute Gasteiger partial charge is 0.451 e. The van der Waals surface area contributed by atoms with E-state index in [-0.39, 0.29) is 28.5 Å². The van der Waals surface area contributed by atoms with Gasteiger partial charge in [0, 0.05) is 5.71 Å². The second-order valence-electron chi connectivity index (χ2n) is 6.99. The molecule has 1 saturated carbocycles. The molecule has 1 amide bonds. The summed E-state index contributed by atoms with van der Waals surface area (Å²) in [6.07, 6.45) is -5.18. The Labute approximate surface area is 127 Å². The number of rotatable bonds is 0. The zero-order valence-corrected chi connectivity index (χ0v) is 13.1. The first kappa shape index (κ1) is 17.1. The molecule has 22 heavy (non-hydrogen) atoms. The lowest BCUT2D eigenvalue weighted by Gasteiger charge is -2.42. The van der Waals surface area contributed by atoms with E-state index in [2.05, 4.69) is 9.84 Å². The molecule has 8 heteroatoms. The molecule has 1 fully saturated rings. The molecule has 0 saturated heterocycles. The van der Waals surface area contributed by atoms with Gasteiger partial charge in [0.15, 0.2) is 0 Å². The second-order valence-corrected chi connectivity index (χ2v) is 6.99. The van der Waals surface area contributed by atoms with E-state index in [1.807, 2.05) is 20.8 Å². The Kier molecular flexibility index (Phi) is 3.96. The van der Waals surface area contributed by atoms with Crippen molar-refractivity contribution in [3.63, 3.8) is 0 Å². The van der Waals surface area contributed by atoms with Crippen molar-refractivity contribution >= 4 is 11.8 Å². The van der Waals surface area contributed by atoms with Crippen LogP contribution in [0.5, 0.6) is 0 Å². The number of ether oxygens (including phenoxy) is 1. The molecular formula is C14H21F3N2O3. The van der Waals surface area contributed by atoms with Gasteiger partial charge >= 0.3 is 12.3 Å². The molecule has 0 aromatic heterocycles. The van der Waals surface area contributed by atoms with Crippen LogP contribution >= 0.6 is 0 Å². The second kappa shape index (κ2) is 5.11. The van der Waals surface area contributed by atoms with Gasteiger partial charge in [0.05, 0.1) is 13.0 Å². The lowest BCUT2D eigenvalue weighted by Crippen LogP contribution is -2.62. The summed E-state index contributed by atoms with van der Waals surface area (Å²) in [5.41, 5.74) is -3.30. The normalized spacial score (nSPS) is 32.5. The maximum absolute atomic E-state index is 13.5. The van der Waals surface area contributed by atoms with Gasteiger partial charge < -0.3 is 9.84 Å². The standard InChI is InChI=1S/C14H21F3N2O3/c1-12(2,3)8-5-6-10-9(7-8)13(21,14(15,16)17)19(18-10)11(20)22-4/h8-9,21H,5-7H2,1-4H3/t8-,9-,13-/m0/s1. The van der Waals surface area contributed by atoms with Crippen molar-refractivity contribution in [3.8, 4) is 0 Å². The van der Waals surface area contributed by atoms with Crippen molar-refractivity contribution in [2.45, 2.75) is 51.9 Å². The van der Waals surface area contributed by atoms with E-state index in [4.69, 9.17) is 0 Å². The number of fused-ring (bicyclic) bond motifs is 1. The Morgan fingerprint density at radius 2 is 2.00 bits per heavy atom. The van der Waals surface area contributed by atoms with Crippen molar-refractivity contribution in [1.82, 2.24) is 5.01 Å². The van der Waals surface area contributed by atoms with Gasteiger partial charge in [-0.2, -0.15) is 23.3 Å². The fraction of sp³-hybridized carbons (Fsp3) is 0.857. The van der Waals surface area contributed by atoms with Crippen molar-refractivity contribution in [1.29, 1.82) is 0 Å². The molecule has 0 aromatic rings. The van der Waals surface area contributed by atoms with Gasteiger partial charge in [-0.25, -0.2) is 4.79 Å². The maximum atomic E-state index is 13.5. The molecule has 2 aliphatic rings. The summed E-state index contributed by atoms with van der Waals surface area (Å²) >= 11 is 0. The van der Waals surface area contributed by atoms with E-state index in [9.17, 15) is 23.1 Å². The summed E-state index contributed by atoms with van der Waals surface area (Å²) in [5, 5.41) is 14.1. The van der Waals surface area contributed by atoms with Gasteiger partial charge in [-0.05, 0) is 30.6 Å². The van der Waals surface area contributed by atoms with Crippen LogP contribution in [0.15, 0.2) is 5.10 Å². The van der Waals surface area contributed by atoms with Gasteiger partial charge in [-0.1, -0.05) is 20.8 Å². The molecule has 1 heterocycles. The Bertz CT molecular complexity index is 499. The summed E-state index contributed by atoms with van der Waals surface area (Å²) < 4.78 is 44.9. The molecular weight excluding hydrogens is 301 g/mol. The predicted molar refractivity (Wildman–Crippen MR) is 73.0 cm³/mol. The van der Waals surface area contributed by atoms with Crippen LogP contribution in [0, 0.1) is 17.3 Å². The van der Waals surface area contributed by atoms with Crippen LogP contribution in [0.4, 0.5) is 18.0 Å². The third-order valence-corrected chi connectivity index (χ3v) is 4.70. The smallest absolute Gasteiger partial charge is 0.439 e. The summed E-state index contributed by atoms with van der Waals surface area (Å²) in [6, 6.07) is 0. The number of nitrogens with zero attached hydrogens (tertiary/aromatic N) is 2. The van der Waals surface area contributed by atoms with Crippen LogP contribution in [0.25, 0.3) is 0 Å². The van der Waals surface area contributed by atoms with Crippen LogP contribution in [0.2, 0.25) is 0 Å². The van der Waals surface area contributed by atoms with Gasteiger partial charge in [0.1, 0.15) is 0 Å². The van der Waals surface area contributed by atoms with Crippen molar-refractivity contribution in [2.75, 3.05) is 7.11 Å². The van der Waals surface area contributed by atoms with Crippen LogP contribution in [-0.2, 0) is 4.74 Å². The van der Waals surface area contributed by atoms with E-state index in [0.717, 1.165) is 7.11 Å². The first-order valence-corrected chi connectivity index (χ1v) is 7.17. The number of carbonyl (C=O) groups is 1. The van der Waals surface area contributed by atoms with E-state index in [1.165, 1.54) is 0 Å². The average molecular weight is 322 g/mol. The number of hydrazone groups is 1. The number of alkyl halides is 3. The molecule has 1 aliphatic heterocycles. The number of amides is 1. The van der Waals surface area contributed by atoms with E-state index >= 15 is 0 Å². The number of carbonyl (C=O) groups excluding carboxylic acids is 1. The zero-order chi connectivity index (χ0) is 16.9. The lowest BCUT2D eigenvalue weighted by molar-refractivity contribution is -0.316. The lowest BCUT2D eigenvalue weighted by atomic mass is 9.66. The third kappa shape index (κ3) is 2.47. The molecule has 0 radical (unpaired) electrons. The molecule has 5 nitrogen and oxygen atoms in total. The van der Waals surface area contributed by atoms with Gasteiger partial charge in [-0.15, -0.1) is 0 Å². The van der Waals surface area contributed by atoms with Crippen molar-refractivity contribution in [3.05, 3.63) is 0 Å². The van der Waals surface area contributed by atoms with Crippen molar-refractivity contribution < 1.29 is 27.8 Å². The van der Waals surface area contributed by atoms with Crippen LogP contribution in [0.3, 0.4) is 0 Å². The zero-order valence-electron chi connectivity index (χ0n) is 13.1. The molecule has 0 spiro atoms. The fourth-order valence-electron chi connectivity index (χ4n) is 3.27. The third-order valence-electron chi connectivity index (χ3n) is 4.70. The Hall–Kier alpha value is -1.31. The van der Waals surface area contributed by atoms with E-state index < -0.39 is 23.9 Å².